The Bertz CT molecular complexity index is 855. The molecule has 4 nitrogen and oxygen atoms in total. The molecule has 1 aromatic heterocycles. The van der Waals surface area contributed by atoms with Crippen molar-refractivity contribution in [3.63, 3.8) is 0 Å². The topological polar surface area (TPSA) is 37.6 Å². The van der Waals surface area contributed by atoms with Crippen LogP contribution in [0.15, 0.2) is 53.4 Å². The van der Waals surface area contributed by atoms with Crippen LogP contribution in [-0.2, 0) is 0 Å². The van der Waals surface area contributed by atoms with Crippen LogP contribution in [0.3, 0.4) is 0 Å². The standard InChI is InChI=1S/C21H25N3OS2/c1-4-23(5-2)14-15-24(20(25)16-10-12-17(26-3)13-11-16)21-22-18-8-6-7-9-19(18)27-21/h6-13H,4-5,14-15H2,1-3H3/p+1. The largest absolute Gasteiger partial charge is 0.334 e. The lowest BCUT2D eigenvalue weighted by molar-refractivity contribution is -0.894. The molecule has 0 unspecified atom stereocenters. The number of benzene rings is 2. The molecule has 3 rings (SSSR count). The van der Waals surface area contributed by atoms with E-state index in [0.29, 0.717) is 12.1 Å². The summed E-state index contributed by atoms with van der Waals surface area (Å²) in [4.78, 5) is 22.5. The van der Waals surface area contributed by atoms with Crippen LogP contribution in [0.1, 0.15) is 24.2 Å². The van der Waals surface area contributed by atoms with Crippen molar-refractivity contribution in [2.75, 3.05) is 37.3 Å². The number of aromatic nitrogens is 1. The average molecular weight is 401 g/mol. The zero-order valence-corrected chi connectivity index (χ0v) is 17.7. The smallest absolute Gasteiger partial charge is 0.260 e. The molecule has 27 heavy (non-hydrogen) atoms. The number of hydrogen-bond acceptors (Lipinski definition) is 4. The molecule has 0 saturated heterocycles. The predicted octanol–water partition coefficient (Wildman–Crippen LogP) is 3.59. The van der Waals surface area contributed by atoms with Gasteiger partial charge in [-0.1, -0.05) is 23.5 Å². The quantitative estimate of drug-likeness (QED) is 0.587. The van der Waals surface area contributed by atoms with E-state index in [1.54, 1.807) is 23.1 Å². The van der Waals surface area contributed by atoms with Crippen LogP contribution in [0.4, 0.5) is 5.13 Å². The summed E-state index contributed by atoms with van der Waals surface area (Å²) in [6, 6.07) is 15.9. The molecule has 1 heterocycles. The molecule has 6 heteroatoms. The normalized spacial score (nSPS) is 11.3. The Kier molecular flexibility index (Phi) is 6.88. The number of nitrogens with one attached hydrogen (secondary N) is 1. The van der Waals surface area contributed by atoms with E-state index in [4.69, 9.17) is 4.98 Å². The number of quaternary nitrogens is 1. The van der Waals surface area contributed by atoms with Gasteiger partial charge in [-0.2, -0.15) is 0 Å². The first kappa shape index (κ1) is 19.9. The number of nitrogens with zero attached hydrogens (tertiary/aromatic N) is 2. The maximum atomic E-state index is 13.3. The van der Waals surface area contributed by atoms with Gasteiger partial charge in [0.2, 0.25) is 0 Å². The number of amides is 1. The Hall–Kier alpha value is -1.89. The minimum Gasteiger partial charge on any atom is -0.334 e. The molecule has 0 aliphatic carbocycles. The lowest BCUT2D eigenvalue weighted by Crippen LogP contribution is -3.12. The van der Waals surface area contributed by atoms with Crippen molar-refractivity contribution < 1.29 is 9.69 Å². The SMILES string of the molecule is CC[NH+](CC)CCN(C(=O)c1ccc(SC)cc1)c1nc2ccccc2s1. The van der Waals surface area contributed by atoms with Crippen LogP contribution in [0.2, 0.25) is 0 Å². The molecule has 0 aliphatic rings. The number of hydrogen-bond donors (Lipinski definition) is 1. The Morgan fingerprint density at radius 2 is 1.81 bits per heavy atom. The van der Waals surface area contributed by atoms with E-state index in [1.807, 2.05) is 53.6 Å². The second-order valence-electron chi connectivity index (χ2n) is 6.36. The minimum atomic E-state index is 0.0215. The van der Waals surface area contributed by atoms with E-state index in [2.05, 4.69) is 19.9 Å². The van der Waals surface area contributed by atoms with Crippen molar-refractivity contribution in [2.24, 2.45) is 0 Å². The van der Waals surface area contributed by atoms with E-state index in [0.717, 1.165) is 39.9 Å². The number of thiazole rings is 1. The van der Waals surface area contributed by atoms with Gasteiger partial charge in [-0.25, -0.2) is 4.98 Å². The molecule has 1 N–H and O–H groups in total. The first-order valence-corrected chi connectivity index (χ1v) is 11.4. The lowest BCUT2D eigenvalue weighted by Gasteiger charge is -2.23. The van der Waals surface area contributed by atoms with Crippen LogP contribution >= 0.6 is 23.1 Å². The number of carbonyl (C=O) groups excluding carboxylic acids is 1. The summed E-state index contributed by atoms with van der Waals surface area (Å²) >= 11 is 3.26. The summed E-state index contributed by atoms with van der Waals surface area (Å²) in [5, 5.41) is 0.779. The van der Waals surface area contributed by atoms with Crippen LogP contribution in [0.5, 0.6) is 0 Å². The Morgan fingerprint density at radius 3 is 2.44 bits per heavy atom. The molecule has 0 spiro atoms. The summed E-state index contributed by atoms with van der Waals surface area (Å²) in [6.45, 7) is 8.06. The number of thioether (sulfide) groups is 1. The van der Waals surface area contributed by atoms with Gasteiger partial charge in [-0.15, -0.1) is 11.8 Å². The molecule has 0 aliphatic heterocycles. The number of fused-ring (bicyclic) bond motifs is 1. The number of likely N-dealkylation sites (N-methyl/N-ethyl adjacent to an activating group) is 1. The summed E-state index contributed by atoms with van der Waals surface area (Å²) in [5.41, 5.74) is 1.66. The fourth-order valence-electron chi connectivity index (χ4n) is 3.02. The fourth-order valence-corrected chi connectivity index (χ4v) is 4.42. The zero-order chi connectivity index (χ0) is 19.2. The van der Waals surface area contributed by atoms with E-state index in [1.165, 1.54) is 4.90 Å². The maximum Gasteiger partial charge on any atom is 0.260 e. The summed E-state index contributed by atoms with van der Waals surface area (Å²) in [5.74, 6) is 0.0215. The molecule has 0 atom stereocenters. The molecular formula is C21H26N3OS2+. The summed E-state index contributed by atoms with van der Waals surface area (Å²) in [7, 11) is 0. The van der Waals surface area contributed by atoms with Gasteiger partial charge >= 0.3 is 0 Å². The number of para-hydroxylation sites is 1. The van der Waals surface area contributed by atoms with Gasteiger partial charge in [0.25, 0.3) is 5.91 Å². The van der Waals surface area contributed by atoms with E-state index in [-0.39, 0.29) is 5.91 Å². The summed E-state index contributed by atoms with van der Waals surface area (Å²) < 4.78 is 1.11. The van der Waals surface area contributed by atoms with E-state index >= 15 is 0 Å². The highest BCUT2D eigenvalue weighted by Crippen LogP contribution is 2.29. The number of anilines is 1. The number of rotatable bonds is 8. The van der Waals surface area contributed by atoms with Crippen molar-refractivity contribution in [3.8, 4) is 0 Å². The van der Waals surface area contributed by atoms with E-state index in [9.17, 15) is 4.79 Å². The molecular weight excluding hydrogens is 374 g/mol. The van der Waals surface area contributed by atoms with Gasteiger partial charge in [0.15, 0.2) is 5.13 Å². The molecule has 0 bridgehead atoms. The van der Waals surface area contributed by atoms with Crippen molar-refractivity contribution in [1.29, 1.82) is 0 Å². The average Bonchev–Trinajstić information content (AvgIpc) is 3.14. The van der Waals surface area contributed by atoms with Crippen LogP contribution in [0.25, 0.3) is 10.2 Å². The Labute approximate surface area is 169 Å². The van der Waals surface area contributed by atoms with Gasteiger partial charge in [-0.3, -0.25) is 9.69 Å². The van der Waals surface area contributed by atoms with Crippen LogP contribution in [0, 0.1) is 0 Å². The first-order valence-electron chi connectivity index (χ1n) is 9.31. The summed E-state index contributed by atoms with van der Waals surface area (Å²) in [6.07, 6.45) is 2.04. The third kappa shape index (κ3) is 4.69. The zero-order valence-electron chi connectivity index (χ0n) is 16.1. The maximum absolute atomic E-state index is 13.3. The second-order valence-corrected chi connectivity index (χ2v) is 8.25. The highest BCUT2D eigenvalue weighted by Gasteiger charge is 2.22. The van der Waals surface area contributed by atoms with Crippen molar-refractivity contribution in [3.05, 3.63) is 54.1 Å². The molecule has 142 valence electrons. The van der Waals surface area contributed by atoms with Crippen molar-refractivity contribution in [2.45, 2.75) is 18.7 Å². The van der Waals surface area contributed by atoms with Crippen LogP contribution in [-0.4, -0.2) is 43.3 Å². The van der Waals surface area contributed by atoms with Crippen molar-refractivity contribution in [1.82, 2.24) is 4.98 Å². The van der Waals surface area contributed by atoms with Crippen LogP contribution < -0.4 is 9.80 Å². The van der Waals surface area contributed by atoms with Gasteiger partial charge in [-0.05, 0) is 56.5 Å². The molecule has 0 saturated carbocycles. The molecule has 0 radical (unpaired) electrons. The van der Waals surface area contributed by atoms with Gasteiger partial charge in [0.1, 0.15) is 0 Å². The highest BCUT2D eigenvalue weighted by atomic mass is 32.2. The van der Waals surface area contributed by atoms with Crippen molar-refractivity contribution >= 4 is 44.4 Å². The molecule has 1 amide bonds. The highest BCUT2D eigenvalue weighted by molar-refractivity contribution is 7.98. The monoisotopic (exact) mass is 400 g/mol. The first-order chi connectivity index (χ1) is 13.2. The third-order valence-corrected chi connectivity index (χ3v) is 6.59. The van der Waals surface area contributed by atoms with E-state index < -0.39 is 0 Å². The molecule has 2 aromatic carbocycles. The number of carbonyl (C=O) groups is 1. The predicted molar refractivity (Wildman–Crippen MR) is 116 cm³/mol. The lowest BCUT2D eigenvalue weighted by atomic mass is 10.2. The molecule has 0 fully saturated rings. The Morgan fingerprint density at radius 1 is 1.11 bits per heavy atom. The van der Waals surface area contributed by atoms with Gasteiger partial charge < -0.3 is 4.90 Å². The Balaban J connectivity index is 1.91. The van der Waals surface area contributed by atoms with Gasteiger partial charge in [0, 0.05) is 10.5 Å². The molecule has 3 aromatic rings. The minimum absolute atomic E-state index is 0.0215. The second kappa shape index (κ2) is 9.35. The third-order valence-electron chi connectivity index (χ3n) is 4.78. The van der Waals surface area contributed by atoms with Gasteiger partial charge in [0.05, 0.1) is 36.4 Å². The fraction of sp³-hybridized carbons (Fsp3) is 0.333.